The predicted molar refractivity (Wildman–Crippen MR) is 58.0 cm³/mol. The Morgan fingerprint density at radius 3 is 2.81 bits per heavy atom. The summed E-state index contributed by atoms with van der Waals surface area (Å²) in [7, 11) is 0. The molecule has 0 saturated carbocycles. The molecule has 0 aliphatic rings. The molecule has 1 aromatic carbocycles. The zero-order valence-electron chi connectivity index (χ0n) is 8.66. The number of carbonyl (C=O) groups is 1. The van der Waals surface area contributed by atoms with E-state index < -0.39 is 5.97 Å². The van der Waals surface area contributed by atoms with Gasteiger partial charge in [-0.15, -0.1) is 0 Å². The summed E-state index contributed by atoms with van der Waals surface area (Å²) in [6.07, 6.45) is 0. The maximum Gasteiger partial charge on any atom is 0.339 e. The number of nitriles is 1. The molecule has 16 heavy (non-hydrogen) atoms. The van der Waals surface area contributed by atoms with E-state index in [-0.39, 0.29) is 29.4 Å². The average Bonchev–Trinajstić information content (AvgIpc) is 2.28. The maximum absolute atomic E-state index is 11.5. The highest BCUT2D eigenvalue weighted by Gasteiger charge is 2.16. The lowest BCUT2D eigenvalue weighted by Gasteiger charge is -2.07. The molecule has 0 heterocycles. The van der Waals surface area contributed by atoms with Gasteiger partial charge in [-0.05, 0) is 24.6 Å². The monoisotopic (exact) mass is 239 g/mol. The number of aliphatic hydroxyl groups is 1. The van der Waals surface area contributed by atoms with Gasteiger partial charge < -0.3 is 9.84 Å². The molecule has 5 heteroatoms. The van der Waals surface area contributed by atoms with Crippen molar-refractivity contribution in [3.8, 4) is 6.07 Å². The van der Waals surface area contributed by atoms with E-state index in [2.05, 4.69) is 0 Å². The van der Waals surface area contributed by atoms with Crippen molar-refractivity contribution in [3.05, 3.63) is 33.8 Å². The Kier molecular flexibility index (Phi) is 4.29. The van der Waals surface area contributed by atoms with Crippen molar-refractivity contribution < 1.29 is 14.6 Å². The summed E-state index contributed by atoms with van der Waals surface area (Å²) in [4.78, 5) is 11.5. The predicted octanol–water partition coefficient (Wildman–Crippen LogP) is 1.88. The fraction of sp³-hybridized carbons (Fsp3) is 0.273. The van der Waals surface area contributed by atoms with E-state index in [1.165, 1.54) is 12.1 Å². The van der Waals surface area contributed by atoms with Crippen LogP contribution in [0.4, 0.5) is 0 Å². The Balaban J connectivity index is 3.29. The van der Waals surface area contributed by atoms with Crippen LogP contribution in [0.5, 0.6) is 0 Å². The summed E-state index contributed by atoms with van der Waals surface area (Å²) in [5.41, 5.74) is 0.616. The van der Waals surface area contributed by atoms with Crippen molar-refractivity contribution in [1.29, 1.82) is 5.26 Å². The van der Waals surface area contributed by atoms with Crippen molar-refractivity contribution in [2.75, 3.05) is 6.61 Å². The SMILES string of the molecule is CCOC(=O)c1cc(CO)cc(Cl)c1C#N. The molecule has 0 fully saturated rings. The average molecular weight is 240 g/mol. The lowest BCUT2D eigenvalue weighted by molar-refractivity contribution is 0.0526. The van der Waals surface area contributed by atoms with E-state index in [1.54, 1.807) is 6.92 Å². The summed E-state index contributed by atoms with van der Waals surface area (Å²) in [5, 5.41) is 18.0. The van der Waals surface area contributed by atoms with E-state index in [0.717, 1.165) is 0 Å². The van der Waals surface area contributed by atoms with Crippen LogP contribution >= 0.6 is 11.6 Å². The molecule has 0 spiro atoms. The fourth-order valence-electron chi connectivity index (χ4n) is 1.24. The molecule has 0 atom stereocenters. The van der Waals surface area contributed by atoms with Crippen LogP contribution in [-0.4, -0.2) is 17.7 Å². The van der Waals surface area contributed by atoms with E-state index in [1.807, 2.05) is 6.07 Å². The molecule has 1 aromatic rings. The summed E-state index contributed by atoms with van der Waals surface area (Å²) < 4.78 is 4.79. The third-order valence-corrected chi connectivity index (χ3v) is 2.24. The first kappa shape index (κ1) is 12.5. The number of rotatable bonds is 3. The van der Waals surface area contributed by atoms with Crippen LogP contribution in [0.3, 0.4) is 0 Å². The molecular formula is C11H10ClNO3. The van der Waals surface area contributed by atoms with Crippen molar-refractivity contribution in [3.63, 3.8) is 0 Å². The van der Waals surface area contributed by atoms with Gasteiger partial charge in [0.2, 0.25) is 0 Å². The number of nitrogens with zero attached hydrogens (tertiary/aromatic N) is 1. The van der Waals surface area contributed by atoms with E-state index in [9.17, 15) is 4.79 Å². The van der Waals surface area contributed by atoms with E-state index in [0.29, 0.717) is 5.56 Å². The smallest absolute Gasteiger partial charge is 0.339 e. The molecule has 0 aromatic heterocycles. The van der Waals surface area contributed by atoms with Gasteiger partial charge in [-0.2, -0.15) is 5.26 Å². The zero-order valence-corrected chi connectivity index (χ0v) is 9.41. The first-order valence-corrected chi connectivity index (χ1v) is 5.02. The Bertz CT molecular complexity index is 451. The summed E-state index contributed by atoms with van der Waals surface area (Å²) >= 11 is 5.82. The van der Waals surface area contributed by atoms with Gasteiger partial charge in [-0.1, -0.05) is 11.6 Å². The highest BCUT2D eigenvalue weighted by Crippen LogP contribution is 2.22. The van der Waals surface area contributed by atoms with Crippen LogP contribution in [0.15, 0.2) is 12.1 Å². The minimum atomic E-state index is -0.615. The molecule has 1 rings (SSSR count). The third kappa shape index (κ3) is 2.51. The number of carbonyl (C=O) groups excluding carboxylic acids is 1. The molecule has 0 bridgehead atoms. The Morgan fingerprint density at radius 2 is 2.31 bits per heavy atom. The lowest BCUT2D eigenvalue weighted by Crippen LogP contribution is -2.08. The van der Waals surface area contributed by atoms with Crippen LogP contribution in [0.1, 0.15) is 28.4 Å². The number of benzene rings is 1. The van der Waals surface area contributed by atoms with Crippen molar-refractivity contribution in [1.82, 2.24) is 0 Å². The second kappa shape index (κ2) is 5.50. The fourth-order valence-corrected chi connectivity index (χ4v) is 1.52. The number of ether oxygens (including phenoxy) is 1. The molecule has 0 saturated heterocycles. The second-order valence-corrected chi connectivity index (χ2v) is 3.40. The Labute approximate surface area is 98.0 Å². The van der Waals surface area contributed by atoms with Gasteiger partial charge in [0.1, 0.15) is 6.07 Å². The van der Waals surface area contributed by atoms with Crippen LogP contribution < -0.4 is 0 Å². The highest BCUT2D eigenvalue weighted by atomic mass is 35.5. The van der Waals surface area contributed by atoms with Gasteiger partial charge in [-0.3, -0.25) is 0 Å². The first-order chi connectivity index (χ1) is 7.63. The number of halogens is 1. The van der Waals surface area contributed by atoms with Gasteiger partial charge in [0.25, 0.3) is 0 Å². The molecule has 4 nitrogen and oxygen atoms in total. The maximum atomic E-state index is 11.5. The van der Waals surface area contributed by atoms with Crippen LogP contribution in [0, 0.1) is 11.3 Å². The first-order valence-electron chi connectivity index (χ1n) is 4.64. The van der Waals surface area contributed by atoms with Crippen molar-refractivity contribution in [2.24, 2.45) is 0 Å². The van der Waals surface area contributed by atoms with Crippen LogP contribution in [0.2, 0.25) is 5.02 Å². The Morgan fingerprint density at radius 1 is 1.62 bits per heavy atom. The summed E-state index contributed by atoms with van der Waals surface area (Å²) in [6, 6.07) is 4.69. The van der Waals surface area contributed by atoms with Crippen LogP contribution in [0.25, 0.3) is 0 Å². The number of esters is 1. The molecule has 0 aliphatic carbocycles. The van der Waals surface area contributed by atoms with Crippen molar-refractivity contribution in [2.45, 2.75) is 13.5 Å². The molecule has 0 unspecified atom stereocenters. The van der Waals surface area contributed by atoms with Crippen LogP contribution in [-0.2, 0) is 11.3 Å². The molecule has 84 valence electrons. The molecule has 0 radical (unpaired) electrons. The largest absolute Gasteiger partial charge is 0.462 e. The van der Waals surface area contributed by atoms with E-state index >= 15 is 0 Å². The summed E-state index contributed by atoms with van der Waals surface area (Å²) in [5.74, 6) is -0.615. The van der Waals surface area contributed by atoms with Gasteiger partial charge in [0, 0.05) is 0 Å². The zero-order chi connectivity index (χ0) is 12.1. The molecule has 0 aliphatic heterocycles. The second-order valence-electron chi connectivity index (χ2n) is 2.99. The minimum Gasteiger partial charge on any atom is -0.462 e. The molecular weight excluding hydrogens is 230 g/mol. The van der Waals surface area contributed by atoms with Crippen molar-refractivity contribution >= 4 is 17.6 Å². The standard InChI is InChI=1S/C11H10ClNO3/c1-2-16-11(15)8-3-7(6-14)4-10(12)9(8)5-13/h3-4,14H,2,6H2,1H3. The molecule has 1 N–H and O–H groups in total. The van der Waals surface area contributed by atoms with Gasteiger partial charge >= 0.3 is 5.97 Å². The molecule has 0 amide bonds. The van der Waals surface area contributed by atoms with Gasteiger partial charge in [0.15, 0.2) is 0 Å². The topological polar surface area (TPSA) is 70.3 Å². The van der Waals surface area contributed by atoms with Gasteiger partial charge in [-0.25, -0.2) is 4.79 Å². The third-order valence-electron chi connectivity index (χ3n) is 1.94. The quantitative estimate of drug-likeness (QED) is 0.818. The van der Waals surface area contributed by atoms with E-state index in [4.69, 9.17) is 26.7 Å². The lowest BCUT2D eigenvalue weighted by atomic mass is 10.0. The number of hydrogen-bond donors (Lipinski definition) is 1. The summed E-state index contributed by atoms with van der Waals surface area (Å²) in [6.45, 7) is 1.63. The Hall–Kier alpha value is -1.57. The highest BCUT2D eigenvalue weighted by molar-refractivity contribution is 6.32. The number of hydrogen-bond acceptors (Lipinski definition) is 4. The number of aliphatic hydroxyl groups excluding tert-OH is 1. The minimum absolute atomic E-state index is 0.0670. The van der Waals surface area contributed by atoms with Gasteiger partial charge in [0.05, 0.1) is 29.4 Å². The normalized spacial score (nSPS) is 9.62.